The van der Waals surface area contributed by atoms with E-state index in [4.69, 9.17) is 28.9 Å². The van der Waals surface area contributed by atoms with E-state index in [1.165, 1.54) is 4.88 Å². The third-order valence-corrected chi connectivity index (χ3v) is 4.57. The van der Waals surface area contributed by atoms with E-state index >= 15 is 0 Å². The van der Waals surface area contributed by atoms with Gasteiger partial charge < -0.3 is 5.73 Å². The van der Waals surface area contributed by atoms with Gasteiger partial charge in [0.1, 0.15) is 0 Å². The Balaban J connectivity index is 1.87. The van der Waals surface area contributed by atoms with Gasteiger partial charge in [-0.15, -0.1) is 11.3 Å². The van der Waals surface area contributed by atoms with Crippen molar-refractivity contribution in [3.8, 4) is 0 Å². The van der Waals surface area contributed by atoms with Crippen LogP contribution in [-0.2, 0) is 6.42 Å². The van der Waals surface area contributed by atoms with Gasteiger partial charge in [-0.3, -0.25) is 0 Å². The fourth-order valence-corrected chi connectivity index (χ4v) is 2.92. The molecule has 0 saturated heterocycles. The minimum atomic E-state index is 0.0275. The van der Waals surface area contributed by atoms with Gasteiger partial charge in [0.2, 0.25) is 0 Å². The van der Waals surface area contributed by atoms with Gasteiger partial charge in [0.15, 0.2) is 0 Å². The number of halogens is 2. The topological polar surface area (TPSA) is 26.0 Å². The minimum Gasteiger partial charge on any atom is -0.324 e. The Kier molecular flexibility index (Phi) is 5.07. The summed E-state index contributed by atoms with van der Waals surface area (Å²) in [4.78, 5) is 1.41. The molecule has 0 bridgehead atoms. The van der Waals surface area contributed by atoms with E-state index in [1.54, 1.807) is 17.4 Å². The fourth-order valence-electron chi connectivity index (χ4n) is 1.86. The molecular weight excluding hydrogens is 285 g/mol. The standard InChI is InChI=1S/C14H15Cl2NS/c15-12-7-6-10(9-13(12)16)14(17)5-1-3-11-4-2-8-18-11/h2,4,6-9,14H,1,3,5,17H2. The van der Waals surface area contributed by atoms with Crippen LogP contribution >= 0.6 is 34.5 Å². The van der Waals surface area contributed by atoms with Crippen molar-refractivity contribution < 1.29 is 0 Å². The van der Waals surface area contributed by atoms with Crippen LogP contribution in [0.3, 0.4) is 0 Å². The highest BCUT2D eigenvalue weighted by Crippen LogP contribution is 2.26. The average Bonchev–Trinajstić information content (AvgIpc) is 2.85. The molecule has 0 radical (unpaired) electrons. The summed E-state index contributed by atoms with van der Waals surface area (Å²) in [7, 11) is 0. The average molecular weight is 300 g/mol. The molecule has 0 spiro atoms. The van der Waals surface area contributed by atoms with Crippen LogP contribution in [0.1, 0.15) is 29.3 Å². The predicted octanol–water partition coefficient (Wildman–Crippen LogP) is 5.08. The van der Waals surface area contributed by atoms with Crippen molar-refractivity contribution in [1.82, 2.24) is 0 Å². The van der Waals surface area contributed by atoms with Crippen LogP contribution in [0.15, 0.2) is 35.7 Å². The molecule has 2 aromatic rings. The van der Waals surface area contributed by atoms with Gasteiger partial charge in [0.25, 0.3) is 0 Å². The Hall–Kier alpha value is -0.540. The van der Waals surface area contributed by atoms with Gasteiger partial charge in [-0.1, -0.05) is 35.3 Å². The van der Waals surface area contributed by atoms with E-state index in [9.17, 15) is 0 Å². The number of hydrogen-bond donors (Lipinski definition) is 1. The van der Waals surface area contributed by atoms with Crippen molar-refractivity contribution in [1.29, 1.82) is 0 Å². The normalized spacial score (nSPS) is 12.6. The van der Waals surface area contributed by atoms with Crippen molar-refractivity contribution in [2.75, 3.05) is 0 Å². The van der Waals surface area contributed by atoms with Gasteiger partial charge in [-0.2, -0.15) is 0 Å². The van der Waals surface area contributed by atoms with Crippen LogP contribution in [0.5, 0.6) is 0 Å². The Bertz CT molecular complexity index is 497. The molecule has 1 atom stereocenters. The summed E-state index contributed by atoms with van der Waals surface area (Å²) in [5.41, 5.74) is 7.21. The summed E-state index contributed by atoms with van der Waals surface area (Å²) in [6, 6.07) is 9.88. The van der Waals surface area contributed by atoms with E-state index in [0.29, 0.717) is 10.0 Å². The molecule has 0 aliphatic rings. The smallest absolute Gasteiger partial charge is 0.0595 e. The zero-order chi connectivity index (χ0) is 13.0. The molecule has 1 aromatic heterocycles. The number of aryl methyl sites for hydroxylation is 1. The highest BCUT2D eigenvalue weighted by atomic mass is 35.5. The van der Waals surface area contributed by atoms with Gasteiger partial charge in [-0.25, -0.2) is 0 Å². The lowest BCUT2D eigenvalue weighted by atomic mass is 10.0. The number of hydrogen-bond acceptors (Lipinski definition) is 2. The SMILES string of the molecule is NC(CCCc1cccs1)c1ccc(Cl)c(Cl)c1. The summed E-state index contributed by atoms with van der Waals surface area (Å²) < 4.78 is 0. The zero-order valence-electron chi connectivity index (χ0n) is 9.90. The summed E-state index contributed by atoms with van der Waals surface area (Å²) in [5.74, 6) is 0. The maximum Gasteiger partial charge on any atom is 0.0595 e. The molecule has 2 N–H and O–H groups in total. The first-order valence-corrected chi connectivity index (χ1v) is 7.53. The zero-order valence-corrected chi connectivity index (χ0v) is 12.2. The van der Waals surface area contributed by atoms with Crippen LogP contribution < -0.4 is 5.73 Å². The monoisotopic (exact) mass is 299 g/mol. The maximum atomic E-state index is 6.16. The van der Waals surface area contributed by atoms with Gasteiger partial charge in [0.05, 0.1) is 10.0 Å². The maximum absolute atomic E-state index is 6.16. The first kappa shape index (κ1) is 13.9. The van der Waals surface area contributed by atoms with Crippen molar-refractivity contribution in [3.05, 3.63) is 56.2 Å². The third kappa shape index (κ3) is 3.72. The highest BCUT2D eigenvalue weighted by molar-refractivity contribution is 7.09. The van der Waals surface area contributed by atoms with Crippen LogP contribution in [-0.4, -0.2) is 0 Å². The first-order chi connectivity index (χ1) is 8.66. The number of benzene rings is 1. The van der Waals surface area contributed by atoms with Crippen molar-refractivity contribution >= 4 is 34.5 Å². The molecule has 18 heavy (non-hydrogen) atoms. The van der Waals surface area contributed by atoms with Gasteiger partial charge in [-0.05, 0) is 48.4 Å². The molecule has 1 heterocycles. The quantitative estimate of drug-likeness (QED) is 0.819. The van der Waals surface area contributed by atoms with Crippen molar-refractivity contribution in [2.45, 2.75) is 25.3 Å². The van der Waals surface area contributed by atoms with E-state index < -0.39 is 0 Å². The number of rotatable bonds is 5. The molecule has 0 saturated carbocycles. The third-order valence-electron chi connectivity index (χ3n) is 2.89. The molecule has 0 aliphatic heterocycles. The molecule has 0 amide bonds. The lowest BCUT2D eigenvalue weighted by molar-refractivity contribution is 0.614. The fraction of sp³-hybridized carbons (Fsp3) is 0.286. The molecule has 96 valence electrons. The van der Waals surface area contributed by atoms with E-state index in [0.717, 1.165) is 24.8 Å². The molecule has 1 unspecified atom stereocenters. The van der Waals surface area contributed by atoms with E-state index in [1.807, 2.05) is 12.1 Å². The number of nitrogens with two attached hydrogens (primary N) is 1. The van der Waals surface area contributed by atoms with Crippen molar-refractivity contribution in [3.63, 3.8) is 0 Å². The molecular formula is C14H15Cl2NS. The Morgan fingerprint density at radius 3 is 2.67 bits per heavy atom. The molecule has 1 nitrogen and oxygen atoms in total. The largest absolute Gasteiger partial charge is 0.324 e. The number of thiophene rings is 1. The van der Waals surface area contributed by atoms with Crippen LogP contribution in [0, 0.1) is 0 Å². The van der Waals surface area contributed by atoms with E-state index in [2.05, 4.69) is 17.5 Å². The lowest BCUT2D eigenvalue weighted by Gasteiger charge is -2.12. The second-order valence-corrected chi connectivity index (χ2v) is 6.10. The Morgan fingerprint density at radius 2 is 2.00 bits per heavy atom. The first-order valence-electron chi connectivity index (χ1n) is 5.89. The minimum absolute atomic E-state index is 0.0275. The summed E-state index contributed by atoms with van der Waals surface area (Å²) in [6.07, 6.45) is 3.13. The summed E-state index contributed by atoms with van der Waals surface area (Å²) >= 11 is 13.7. The lowest BCUT2D eigenvalue weighted by Crippen LogP contribution is -2.10. The molecule has 0 fully saturated rings. The van der Waals surface area contributed by atoms with Crippen LogP contribution in [0.25, 0.3) is 0 Å². The van der Waals surface area contributed by atoms with E-state index in [-0.39, 0.29) is 6.04 Å². The summed E-state index contributed by atoms with van der Waals surface area (Å²) in [5, 5.41) is 3.25. The highest BCUT2D eigenvalue weighted by Gasteiger charge is 2.08. The van der Waals surface area contributed by atoms with Crippen LogP contribution in [0.2, 0.25) is 10.0 Å². The van der Waals surface area contributed by atoms with Crippen LogP contribution in [0.4, 0.5) is 0 Å². The second-order valence-electron chi connectivity index (χ2n) is 4.25. The van der Waals surface area contributed by atoms with Gasteiger partial charge in [0, 0.05) is 10.9 Å². The Morgan fingerprint density at radius 1 is 1.17 bits per heavy atom. The molecule has 1 aromatic carbocycles. The van der Waals surface area contributed by atoms with Gasteiger partial charge >= 0.3 is 0 Å². The van der Waals surface area contributed by atoms with Crippen molar-refractivity contribution in [2.24, 2.45) is 5.73 Å². The Labute approximate surface area is 122 Å². The predicted molar refractivity (Wildman–Crippen MR) is 80.6 cm³/mol. The molecule has 4 heteroatoms. The summed E-state index contributed by atoms with van der Waals surface area (Å²) in [6.45, 7) is 0. The second kappa shape index (κ2) is 6.58. The molecule has 2 rings (SSSR count). The molecule has 0 aliphatic carbocycles.